The minimum Gasteiger partial charge on any atom is -0.363 e. The van der Waals surface area contributed by atoms with Crippen LogP contribution in [0.4, 0.5) is 5.69 Å². The van der Waals surface area contributed by atoms with E-state index in [9.17, 15) is 13.7 Å². The molecule has 7 heteroatoms. The molecule has 1 saturated heterocycles. The van der Waals surface area contributed by atoms with Crippen LogP contribution in [0.3, 0.4) is 0 Å². The van der Waals surface area contributed by atoms with E-state index in [1.807, 2.05) is 18.2 Å². The van der Waals surface area contributed by atoms with E-state index in [4.69, 9.17) is 11.6 Å². The van der Waals surface area contributed by atoms with E-state index in [0.29, 0.717) is 30.2 Å². The highest BCUT2D eigenvalue weighted by Crippen LogP contribution is 2.31. The molecule has 0 N–H and O–H groups in total. The summed E-state index contributed by atoms with van der Waals surface area (Å²) < 4.78 is 26.9. The first-order valence-corrected chi connectivity index (χ1v) is 11.6. The van der Waals surface area contributed by atoms with Gasteiger partial charge >= 0.3 is 0 Å². The highest BCUT2D eigenvalue weighted by Gasteiger charge is 2.36. The van der Waals surface area contributed by atoms with Crippen molar-refractivity contribution in [3.8, 4) is 6.07 Å². The molecule has 0 saturated carbocycles. The van der Waals surface area contributed by atoms with Gasteiger partial charge in [-0.25, -0.2) is 8.42 Å². The van der Waals surface area contributed by atoms with Crippen LogP contribution in [0.2, 0.25) is 5.02 Å². The minimum atomic E-state index is -3.29. The standard InChI is InChI=1S/C22H26ClN3O2S/c1-16(2)29(27,28)25-11-10-21(15-25)26(14-19-7-5-4-6-17(19)3)20-9-8-18(13-24)22(23)12-20/h4-9,12,16,21H,10-11,14-15H2,1-3H3/t21-/m0/s1. The summed E-state index contributed by atoms with van der Waals surface area (Å²) in [5.41, 5.74) is 3.69. The van der Waals surface area contributed by atoms with Crippen molar-refractivity contribution in [3.05, 3.63) is 64.2 Å². The lowest BCUT2D eigenvalue weighted by molar-refractivity contribution is 0.461. The maximum absolute atomic E-state index is 12.6. The van der Waals surface area contributed by atoms with Gasteiger partial charge in [-0.05, 0) is 56.5 Å². The van der Waals surface area contributed by atoms with Crippen molar-refractivity contribution in [2.75, 3.05) is 18.0 Å². The first-order valence-electron chi connectivity index (χ1n) is 9.73. The van der Waals surface area contributed by atoms with Crippen LogP contribution in [0, 0.1) is 18.3 Å². The number of sulfonamides is 1. The number of anilines is 1. The molecule has 154 valence electrons. The van der Waals surface area contributed by atoms with Crippen LogP contribution in [0.15, 0.2) is 42.5 Å². The molecular formula is C22H26ClN3O2S. The molecule has 1 heterocycles. The number of benzene rings is 2. The molecule has 0 spiro atoms. The first kappa shape index (κ1) is 21.6. The number of hydrogen-bond donors (Lipinski definition) is 0. The van der Waals surface area contributed by atoms with Gasteiger partial charge in [-0.2, -0.15) is 9.57 Å². The fourth-order valence-corrected chi connectivity index (χ4v) is 5.22. The average Bonchev–Trinajstić information content (AvgIpc) is 3.18. The Morgan fingerprint density at radius 3 is 2.62 bits per heavy atom. The number of aryl methyl sites for hydroxylation is 1. The zero-order chi connectivity index (χ0) is 21.2. The van der Waals surface area contributed by atoms with Crippen molar-refractivity contribution in [2.45, 2.75) is 45.0 Å². The number of rotatable bonds is 6. The molecule has 1 aliphatic heterocycles. The summed E-state index contributed by atoms with van der Waals surface area (Å²) in [6.07, 6.45) is 0.745. The van der Waals surface area contributed by atoms with Crippen LogP contribution in [0.5, 0.6) is 0 Å². The Bertz CT molecular complexity index is 1030. The van der Waals surface area contributed by atoms with Gasteiger partial charge in [0.1, 0.15) is 6.07 Å². The van der Waals surface area contributed by atoms with E-state index in [1.165, 1.54) is 11.1 Å². The lowest BCUT2D eigenvalue weighted by Gasteiger charge is -2.32. The molecule has 2 aromatic carbocycles. The Morgan fingerprint density at radius 1 is 1.28 bits per heavy atom. The lowest BCUT2D eigenvalue weighted by atomic mass is 10.1. The topological polar surface area (TPSA) is 64.4 Å². The van der Waals surface area contributed by atoms with Crippen molar-refractivity contribution in [3.63, 3.8) is 0 Å². The highest BCUT2D eigenvalue weighted by molar-refractivity contribution is 7.89. The summed E-state index contributed by atoms with van der Waals surface area (Å²) in [5, 5.41) is 9.16. The zero-order valence-corrected chi connectivity index (χ0v) is 18.5. The van der Waals surface area contributed by atoms with Gasteiger partial charge in [0.2, 0.25) is 10.0 Å². The molecular weight excluding hydrogens is 406 g/mol. The molecule has 0 unspecified atom stereocenters. The van der Waals surface area contributed by atoms with Crippen LogP contribution in [-0.4, -0.2) is 37.1 Å². The molecule has 0 aromatic heterocycles. The third kappa shape index (κ3) is 4.58. The van der Waals surface area contributed by atoms with Gasteiger partial charge < -0.3 is 4.90 Å². The van der Waals surface area contributed by atoms with Gasteiger partial charge in [-0.1, -0.05) is 35.9 Å². The predicted molar refractivity (Wildman–Crippen MR) is 118 cm³/mol. The summed E-state index contributed by atoms with van der Waals surface area (Å²) in [6.45, 7) is 7.12. The fraction of sp³-hybridized carbons (Fsp3) is 0.409. The fourth-order valence-electron chi connectivity index (χ4n) is 3.67. The summed E-state index contributed by atoms with van der Waals surface area (Å²) in [4.78, 5) is 2.21. The van der Waals surface area contributed by atoms with E-state index in [2.05, 4.69) is 30.0 Å². The van der Waals surface area contributed by atoms with Gasteiger partial charge in [-0.3, -0.25) is 0 Å². The van der Waals surface area contributed by atoms with Crippen molar-refractivity contribution in [1.29, 1.82) is 5.26 Å². The molecule has 0 amide bonds. The molecule has 3 rings (SSSR count). The quantitative estimate of drug-likeness (QED) is 0.682. The smallest absolute Gasteiger partial charge is 0.216 e. The summed E-state index contributed by atoms with van der Waals surface area (Å²) in [7, 11) is -3.29. The van der Waals surface area contributed by atoms with Crippen molar-refractivity contribution in [1.82, 2.24) is 4.31 Å². The van der Waals surface area contributed by atoms with E-state index in [1.54, 1.807) is 30.3 Å². The number of nitriles is 1. The minimum absolute atomic E-state index is 0.0344. The molecule has 1 aliphatic rings. The third-order valence-corrected chi connectivity index (χ3v) is 8.08. The molecule has 1 fully saturated rings. The number of halogens is 1. The van der Waals surface area contributed by atoms with Crippen LogP contribution < -0.4 is 4.90 Å². The van der Waals surface area contributed by atoms with Crippen LogP contribution >= 0.6 is 11.6 Å². The highest BCUT2D eigenvalue weighted by atomic mass is 35.5. The summed E-state index contributed by atoms with van der Waals surface area (Å²) in [5.74, 6) is 0. The van der Waals surface area contributed by atoms with Crippen molar-refractivity contribution < 1.29 is 8.42 Å². The van der Waals surface area contributed by atoms with E-state index >= 15 is 0 Å². The third-order valence-electron chi connectivity index (χ3n) is 5.53. The van der Waals surface area contributed by atoms with Gasteiger partial charge in [0.05, 0.1) is 15.8 Å². The molecule has 0 radical (unpaired) electrons. The van der Waals surface area contributed by atoms with Gasteiger partial charge in [0.15, 0.2) is 0 Å². The molecule has 5 nitrogen and oxygen atoms in total. The van der Waals surface area contributed by atoms with Crippen LogP contribution in [-0.2, 0) is 16.6 Å². The second-order valence-electron chi connectivity index (χ2n) is 7.72. The molecule has 29 heavy (non-hydrogen) atoms. The summed E-state index contributed by atoms with van der Waals surface area (Å²) in [6, 6.07) is 15.7. The Morgan fingerprint density at radius 2 is 2.00 bits per heavy atom. The lowest BCUT2D eigenvalue weighted by Crippen LogP contribution is -2.40. The Balaban J connectivity index is 1.95. The first-order chi connectivity index (χ1) is 13.7. The van der Waals surface area contributed by atoms with Gasteiger partial charge in [-0.15, -0.1) is 0 Å². The molecule has 2 aromatic rings. The Hall–Kier alpha value is -2.07. The van der Waals surface area contributed by atoms with E-state index in [-0.39, 0.29) is 6.04 Å². The predicted octanol–water partition coefficient (Wildman–Crippen LogP) is 4.34. The second kappa shape index (κ2) is 8.74. The Labute approximate surface area is 178 Å². The van der Waals surface area contributed by atoms with Gasteiger partial charge in [0.25, 0.3) is 0 Å². The molecule has 0 bridgehead atoms. The Kier molecular flexibility index (Phi) is 6.52. The van der Waals surface area contributed by atoms with Crippen LogP contribution in [0.25, 0.3) is 0 Å². The molecule has 1 atom stereocenters. The van der Waals surface area contributed by atoms with E-state index in [0.717, 1.165) is 12.1 Å². The van der Waals surface area contributed by atoms with Crippen molar-refractivity contribution in [2.24, 2.45) is 0 Å². The average molecular weight is 432 g/mol. The second-order valence-corrected chi connectivity index (χ2v) is 10.6. The largest absolute Gasteiger partial charge is 0.363 e. The zero-order valence-electron chi connectivity index (χ0n) is 17.0. The SMILES string of the molecule is Cc1ccccc1CN(c1ccc(C#N)c(Cl)c1)[C@H]1CCN(S(=O)(=O)C(C)C)C1. The number of nitrogens with zero attached hydrogens (tertiary/aromatic N) is 3. The van der Waals surface area contributed by atoms with E-state index < -0.39 is 15.3 Å². The van der Waals surface area contributed by atoms with Crippen LogP contribution in [0.1, 0.15) is 37.0 Å². The normalized spacial score (nSPS) is 17.4. The summed E-state index contributed by atoms with van der Waals surface area (Å²) >= 11 is 6.30. The maximum Gasteiger partial charge on any atom is 0.216 e. The monoisotopic (exact) mass is 431 g/mol. The maximum atomic E-state index is 12.6. The molecule has 0 aliphatic carbocycles. The van der Waals surface area contributed by atoms with Crippen molar-refractivity contribution >= 4 is 27.3 Å². The number of hydrogen-bond acceptors (Lipinski definition) is 4. The van der Waals surface area contributed by atoms with Gasteiger partial charge in [0, 0.05) is 31.4 Å².